The molecular formula is C11H22N2O3. The average molecular weight is 230 g/mol. The zero-order valence-electron chi connectivity index (χ0n) is 10.3. The summed E-state index contributed by atoms with van der Waals surface area (Å²) in [5, 5.41) is 11.2. The lowest BCUT2D eigenvalue weighted by molar-refractivity contribution is -0.137. The van der Waals surface area contributed by atoms with E-state index in [9.17, 15) is 9.59 Å². The predicted molar refractivity (Wildman–Crippen MR) is 62.4 cm³/mol. The van der Waals surface area contributed by atoms with E-state index in [-0.39, 0.29) is 18.5 Å². The van der Waals surface area contributed by atoms with Crippen LogP contribution in [-0.4, -0.2) is 41.1 Å². The molecular weight excluding hydrogens is 208 g/mol. The van der Waals surface area contributed by atoms with Crippen molar-refractivity contribution in [2.75, 3.05) is 13.1 Å². The second-order valence-corrected chi connectivity index (χ2v) is 4.02. The van der Waals surface area contributed by atoms with Gasteiger partial charge >= 0.3 is 12.0 Å². The summed E-state index contributed by atoms with van der Waals surface area (Å²) in [7, 11) is 0. The van der Waals surface area contributed by atoms with Gasteiger partial charge < -0.3 is 15.3 Å². The zero-order chi connectivity index (χ0) is 12.6. The van der Waals surface area contributed by atoms with E-state index in [0.29, 0.717) is 13.0 Å². The van der Waals surface area contributed by atoms with Crippen LogP contribution in [0.5, 0.6) is 0 Å². The molecule has 0 unspecified atom stereocenters. The van der Waals surface area contributed by atoms with Gasteiger partial charge in [0.15, 0.2) is 0 Å². The molecule has 16 heavy (non-hydrogen) atoms. The van der Waals surface area contributed by atoms with Crippen molar-refractivity contribution < 1.29 is 14.7 Å². The maximum atomic E-state index is 11.7. The first-order chi connectivity index (χ1) is 7.49. The highest BCUT2D eigenvalue weighted by Gasteiger charge is 2.14. The number of urea groups is 1. The fraction of sp³-hybridized carbons (Fsp3) is 0.818. The van der Waals surface area contributed by atoms with Crippen LogP contribution in [0.1, 0.15) is 40.0 Å². The van der Waals surface area contributed by atoms with E-state index in [1.54, 1.807) is 4.90 Å². The van der Waals surface area contributed by atoms with Gasteiger partial charge in [-0.05, 0) is 26.7 Å². The zero-order valence-corrected chi connectivity index (χ0v) is 10.3. The predicted octanol–water partition coefficient (Wildman–Crippen LogP) is 1.68. The first-order valence-electron chi connectivity index (χ1n) is 5.75. The molecule has 0 aromatic carbocycles. The maximum Gasteiger partial charge on any atom is 0.317 e. The molecule has 0 aliphatic rings. The van der Waals surface area contributed by atoms with Crippen LogP contribution in [-0.2, 0) is 4.79 Å². The van der Waals surface area contributed by atoms with Crippen LogP contribution in [0.2, 0.25) is 0 Å². The van der Waals surface area contributed by atoms with Crippen molar-refractivity contribution >= 4 is 12.0 Å². The normalized spacial score (nSPS) is 10.2. The van der Waals surface area contributed by atoms with Crippen LogP contribution < -0.4 is 5.32 Å². The van der Waals surface area contributed by atoms with Crippen LogP contribution in [0.4, 0.5) is 4.79 Å². The molecule has 0 saturated heterocycles. The fourth-order valence-corrected chi connectivity index (χ4v) is 1.37. The van der Waals surface area contributed by atoms with Crippen molar-refractivity contribution in [3.63, 3.8) is 0 Å². The van der Waals surface area contributed by atoms with Crippen LogP contribution >= 0.6 is 0 Å². The third-order valence-electron chi connectivity index (χ3n) is 2.19. The summed E-state index contributed by atoms with van der Waals surface area (Å²) >= 11 is 0. The van der Waals surface area contributed by atoms with E-state index >= 15 is 0 Å². The summed E-state index contributed by atoms with van der Waals surface area (Å²) < 4.78 is 0. The minimum absolute atomic E-state index is 0.0930. The quantitative estimate of drug-likeness (QED) is 0.654. The number of rotatable bonds is 7. The first kappa shape index (κ1) is 14.7. The highest BCUT2D eigenvalue weighted by Crippen LogP contribution is 2.00. The van der Waals surface area contributed by atoms with Gasteiger partial charge in [0, 0.05) is 25.6 Å². The lowest BCUT2D eigenvalue weighted by Gasteiger charge is -2.26. The molecule has 0 aromatic heterocycles. The Morgan fingerprint density at radius 2 is 2.00 bits per heavy atom. The Morgan fingerprint density at radius 3 is 2.44 bits per heavy atom. The molecule has 0 radical (unpaired) electrons. The van der Waals surface area contributed by atoms with E-state index in [1.807, 2.05) is 20.8 Å². The monoisotopic (exact) mass is 230 g/mol. The van der Waals surface area contributed by atoms with E-state index in [2.05, 4.69) is 5.32 Å². The summed E-state index contributed by atoms with van der Waals surface area (Å²) in [4.78, 5) is 23.7. The Hall–Kier alpha value is -1.26. The Balaban J connectivity index is 3.87. The summed E-state index contributed by atoms with van der Waals surface area (Å²) in [5.74, 6) is -0.830. The number of carbonyl (C=O) groups excluding carboxylic acids is 1. The van der Waals surface area contributed by atoms with Crippen LogP contribution in [0.3, 0.4) is 0 Å². The van der Waals surface area contributed by atoms with E-state index in [0.717, 1.165) is 13.0 Å². The van der Waals surface area contributed by atoms with Crippen molar-refractivity contribution in [3.05, 3.63) is 0 Å². The van der Waals surface area contributed by atoms with Crippen LogP contribution in [0.25, 0.3) is 0 Å². The molecule has 0 rings (SSSR count). The Labute approximate surface area is 96.8 Å². The van der Waals surface area contributed by atoms with Gasteiger partial charge in [0.1, 0.15) is 0 Å². The third-order valence-corrected chi connectivity index (χ3v) is 2.19. The molecule has 0 aliphatic heterocycles. The molecule has 0 fully saturated rings. The molecule has 0 aliphatic carbocycles. The summed E-state index contributed by atoms with van der Waals surface area (Å²) in [6.07, 6.45) is 1.48. The molecule has 0 aromatic rings. The lowest BCUT2D eigenvalue weighted by Crippen LogP contribution is -2.44. The van der Waals surface area contributed by atoms with Crippen LogP contribution in [0.15, 0.2) is 0 Å². The molecule has 0 bridgehead atoms. The van der Waals surface area contributed by atoms with Crippen molar-refractivity contribution in [2.45, 2.75) is 46.1 Å². The highest BCUT2D eigenvalue weighted by molar-refractivity contribution is 5.74. The van der Waals surface area contributed by atoms with E-state index in [4.69, 9.17) is 5.11 Å². The molecule has 0 saturated carbocycles. The average Bonchev–Trinajstić information content (AvgIpc) is 2.19. The summed E-state index contributed by atoms with van der Waals surface area (Å²) in [6.45, 7) is 7.09. The highest BCUT2D eigenvalue weighted by atomic mass is 16.4. The fourth-order valence-electron chi connectivity index (χ4n) is 1.37. The Bertz CT molecular complexity index is 229. The molecule has 2 N–H and O–H groups in total. The van der Waals surface area contributed by atoms with Gasteiger partial charge in [-0.2, -0.15) is 0 Å². The van der Waals surface area contributed by atoms with E-state index in [1.165, 1.54) is 0 Å². The van der Waals surface area contributed by atoms with Crippen molar-refractivity contribution in [3.8, 4) is 0 Å². The molecule has 2 amide bonds. The molecule has 94 valence electrons. The van der Waals surface area contributed by atoms with Gasteiger partial charge in [-0.1, -0.05) is 6.92 Å². The maximum absolute atomic E-state index is 11.7. The minimum Gasteiger partial charge on any atom is -0.481 e. The second-order valence-electron chi connectivity index (χ2n) is 4.02. The van der Waals surface area contributed by atoms with Gasteiger partial charge in [0.2, 0.25) is 0 Å². The van der Waals surface area contributed by atoms with Crippen molar-refractivity contribution in [1.82, 2.24) is 10.2 Å². The Kier molecular flexibility index (Phi) is 7.33. The number of carboxylic acid groups (broad SMARTS) is 1. The summed E-state index contributed by atoms with van der Waals surface area (Å²) in [6, 6.07) is 0.0571. The van der Waals surface area contributed by atoms with Gasteiger partial charge in [0.25, 0.3) is 0 Å². The van der Waals surface area contributed by atoms with Gasteiger partial charge in [-0.3, -0.25) is 4.79 Å². The number of nitrogens with zero attached hydrogens (tertiary/aromatic N) is 1. The lowest BCUT2D eigenvalue weighted by atomic mass is 10.3. The van der Waals surface area contributed by atoms with Crippen molar-refractivity contribution in [2.24, 2.45) is 0 Å². The van der Waals surface area contributed by atoms with Crippen LogP contribution in [0, 0.1) is 0 Å². The molecule has 5 heteroatoms. The summed E-state index contributed by atoms with van der Waals surface area (Å²) in [5.41, 5.74) is 0. The van der Waals surface area contributed by atoms with Crippen molar-refractivity contribution in [1.29, 1.82) is 0 Å². The number of carbonyl (C=O) groups is 2. The van der Waals surface area contributed by atoms with Gasteiger partial charge in [-0.25, -0.2) is 4.79 Å². The second kappa shape index (κ2) is 7.96. The van der Waals surface area contributed by atoms with E-state index < -0.39 is 5.97 Å². The first-order valence-corrected chi connectivity index (χ1v) is 5.75. The molecule has 0 heterocycles. The number of nitrogens with one attached hydrogen (secondary N) is 1. The number of hydrogen-bond donors (Lipinski definition) is 2. The minimum atomic E-state index is -0.830. The Morgan fingerprint density at radius 1 is 1.38 bits per heavy atom. The number of amides is 2. The van der Waals surface area contributed by atoms with Gasteiger partial charge in [-0.15, -0.1) is 0 Å². The number of carboxylic acids is 1. The molecule has 0 spiro atoms. The molecule has 5 nitrogen and oxygen atoms in total. The molecule has 0 atom stereocenters. The smallest absolute Gasteiger partial charge is 0.317 e. The number of hydrogen-bond acceptors (Lipinski definition) is 2. The van der Waals surface area contributed by atoms with Gasteiger partial charge in [0.05, 0.1) is 0 Å². The topological polar surface area (TPSA) is 69.6 Å². The largest absolute Gasteiger partial charge is 0.481 e. The third kappa shape index (κ3) is 6.27. The SMILES string of the molecule is CCCN(C(=O)NCCCC(=O)O)C(C)C. The number of aliphatic carboxylic acids is 1. The standard InChI is InChI=1S/C11H22N2O3/c1-4-8-13(9(2)3)11(16)12-7-5-6-10(14)15/h9H,4-8H2,1-3H3,(H,12,16)(H,14,15).